The maximum Gasteiger partial charge on any atom is 0.230 e. The van der Waals surface area contributed by atoms with E-state index in [1.165, 1.54) is 24.6 Å². The summed E-state index contributed by atoms with van der Waals surface area (Å²) in [6.07, 6.45) is 3.16. The lowest BCUT2D eigenvalue weighted by Gasteiger charge is -2.04. The second kappa shape index (κ2) is 7.15. The van der Waals surface area contributed by atoms with Gasteiger partial charge in [0, 0.05) is 17.5 Å². The topological polar surface area (TPSA) is 70.7 Å². The van der Waals surface area contributed by atoms with Gasteiger partial charge in [-0.25, -0.2) is 4.98 Å². The van der Waals surface area contributed by atoms with Crippen molar-refractivity contribution >= 4 is 29.3 Å². The lowest BCUT2D eigenvalue weighted by molar-refractivity contribution is -0.118. The van der Waals surface area contributed by atoms with Gasteiger partial charge in [0.05, 0.1) is 5.75 Å². The second-order valence-corrected chi connectivity index (χ2v) is 6.67. The van der Waals surface area contributed by atoms with Gasteiger partial charge in [-0.15, -0.1) is 5.10 Å². The summed E-state index contributed by atoms with van der Waals surface area (Å²) in [5.41, 5.74) is 1.15. The molecule has 7 heteroatoms. The number of nitrogens with zero attached hydrogens (tertiary/aromatic N) is 2. The Kier molecular flexibility index (Phi) is 5.00. The van der Waals surface area contributed by atoms with E-state index >= 15 is 0 Å². The van der Waals surface area contributed by atoms with Crippen LogP contribution in [0.1, 0.15) is 30.1 Å². The third-order valence-corrected chi connectivity index (χ3v) is 4.53. The molecule has 2 N–H and O–H groups in total. The number of amides is 1. The molecule has 1 aliphatic carbocycles. The smallest absolute Gasteiger partial charge is 0.230 e. The van der Waals surface area contributed by atoms with Gasteiger partial charge in [-0.3, -0.25) is 9.89 Å². The Balaban J connectivity index is 1.35. The van der Waals surface area contributed by atoms with E-state index in [0.717, 1.165) is 22.8 Å². The summed E-state index contributed by atoms with van der Waals surface area (Å²) in [6.45, 7) is 0.613. The number of carbonyl (C=O) groups is 1. The molecule has 5 nitrogen and oxygen atoms in total. The van der Waals surface area contributed by atoms with E-state index in [1.807, 2.05) is 24.3 Å². The molecule has 1 fully saturated rings. The minimum absolute atomic E-state index is 0.00302. The van der Waals surface area contributed by atoms with Crippen molar-refractivity contribution < 1.29 is 4.79 Å². The molecule has 0 radical (unpaired) electrons. The molecule has 2 aromatic rings. The highest BCUT2D eigenvalue weighted by molar-refractivity contribution is 7.99. The number of thioether (sulfide) groups is 1. The molecule has 22 heavy (non-hydrogen) atoms. The van der Waals surface area contributed by atoms with Crippen LogP contribution in [0.4, 0.5) is 0 Å². The number of hydrogen-bond donors (Lipinski definition) is 2. The molecule has 1 amide bonds. The van der Waals surface area contributed by atoms with Crippen LogP contribution in [-0.4, -0.2) is 33.4 Å². The van der Waals surface area contributed by atoms with Crippen LogP contribution in [0, 0.1) is 0 Å². The molecule has 0 saturated heterocycles. The van der Waals surface area contributed by atoms with Gasteiger partial charge in [0.15, 0.2) is 0 Å². The molecule has 0 aliphatic heterocycles. The molecule has 0 bridgehead atoms. The summed E-state index contributed by atoms with van der Waals surface area (Å²) in [5.74, 6) is 1.83. The first-order valence-corrected chi connectivity index (χ1v) is 8.63. The number of aromatic amines is 1. The maximum absolute atomic E-state index is 11.8. The maximum atomic E-state index is 11.8. The van der Waals surface area contributed by atoms with E-state index in [4.69, 9.17) is 11.6 Å². The lowest BCUT2D eigenvalue weighted by atomic mass is 10.1. The van der Waals surface area contributed by atoms with E-state index in [1.54, 1.807) is 0 Å². The van der Waals surface area contributed by atoms with Crippen LogP contribution in [0.25, 0.3) is 0 Å². The number of carbonyl (C=O) groups excluding carboxylic acids is 1. The average molecular weight is 337 g/mol. The monoisotopic (exact) mass is 336 g/mol. The van der Waals surface area contributed by atoms with Gasteiger partial charge >= 0.3 is 0 Å². The predicted octanol–water partition coefficient (Wildman–Crippen LogP) is 2.79. The largest absolute Gasteiger partial charge is 0.355 e. The molecular formula is C15H17ClN4OS. The Bertz CT molecular complexity index is 639. The predicted molar refractivity (Wildman–Crippen MR) is 87.2 cm³/mol. The first-order valence-electron chi connectivity index (χ1n) is 7.27. The minimum atomic E-state index is -0.00302. The fourth-order valence-electron chi connectivity index (χ4n) is 2.04. The SMILES string of the molecule is O=C(CSc1n[nH]c(C2CC2)n1)NCCc1ccc(Cl)cc1. The second-order valence-electron chi connectivity index (χ2n) is 5.29. The summed E-state index contributed by atoms with van der Waals surface area (Å²) >= 11 is 7.19. The third-order valence-electron chi connectivity index (χ3n) is 3.43. The number of rotatable bonds is 7. The quantitative estimate of drug-likeness (QED) is 0.763. The molecule has 1 saturated carbocycles. The lowest BCUT2D eigenvalue weighted by Crippen LogP contribution is -2.27. The molecule has 1 aromatic carbocycles. The van der Waals surface area contributed by atoms with E-state index < -0.39 is 0 Å². The fourth-order valence-corrected chi connectivity index (χ4v) is 2.80. The summed E-state index contributed by atoms with van der Waals surface area (Å²) in [4.78, 5) is 16.2. The Hall–Kier alpha value is -1.53. The molecule has 0 spiro atoms. The Morgan fingerprint density at radius 2 is 2.14 bits per heavy atom. The van der Waals surface area contributed by atoms with Crippen LogP contribution in [0.2, 0.25) is 5.02 Å². The van der Waals surface area contributed by atoms with Crippen molar-refractivity contribution in [3.63, 3.8) is 0 Å². The van der Waals surface area contributed by atoms with Gasteiger partial charge < -0.3 is 5.32 Å². The van der Waals surface area contributed by atoms with Crippen LogP contribution in [0.5, 0.6) is 0 Å². The Morgan fingerprint density at radius 1 is 1.36 bits per heavy atom. The van der Waals surface area contributed by atoms with Crippen molar-refractivity contribution in [3.05, 3.63) is 40.7 Å². The van der Waals surface area contributed by atoms with Crippen LogP contribution in [-0.2, 0) is 11.2 Å². The van der Waals surface area contributed by atoms with E-state index in [9.17, 15) is 4.79 Å². The standard InChI is InChI=1S/C15H17ClN4OS/c16-12-5-1-10(2-6-12)7-8-17-13(21)9-22-15-18-14(19-20-15)11-3-4-11/h1-2,5-6,11H,3-4,7-9H2,(H,17,21)(H,18,19,20). The summed E-state index contributed by atoms with van der Waals surface area (Å²) in [5, 5.41) is 11.3. The van der Waals surface area contributed by atoms with E-state index in [2.05, 4.69) is 20.5 Å². The molecule has 1 aromatic heterocycles. The zero-order chi connectivity index (χ0) is 15.4. The summed E-state index contributed by atoms with van der Waals surface area (Å²) in [6, 6.07) is 7.65. The first kappa shape index (κ1) is 15.4. The van der Waals surface area contributed by atoms with E-state index in [0.29, 0.717) is 23.4 Å². The first-order chi connectivity index (χ1) is 10.7. The normalized spacial score (nSPS) is 14.0. The van der Waals surface area contributed by atoms with Crippen molar-refractivity contribution in [1.82, 2.24) is 20.5 Å². The zero-order valence-corrected chi connectivity index (χ0v) is 13.6. The highest BCUT2D eigenvalue weighted by Crippen LogP contribution is 2.38. The Labute approximate surface area is 138 Å². The molecule has 116 valence electrons. The fraction of sp³-hybridized carbons (Fsp3) is 0.400. The minimum Gasteiger partial charge on any atom is -0.355 e. The zero-order valence-electron chi connectivity index (χ0n) is 12.0. The van der Waals surface area contributed by atoms with Crippen molar-refractivity contribution in [1.29, 1.82) is 0 Å². The summed E-state index contributed by atoms with van der Waals surface area (Å²) < 4.78 is 0. The van der Waals surface area contributed by atoms with Gasteiger partial charge in [0.1, 0.15) is 5.82 Å². The molecule has 3 rings (SSSR count). The van der Waals surface area contributed by atoms with Gasteiger partial charge in [-0.1, -0.05) is 35.5 Å². The number of benzene rings is 1. The average Bonchev–Trinajstić information content (AvgIpc) is 3.26. The molecule has 1 aliphatic rings. The van der Waals surface area contributed by atoms with Crippen molar-refractivity contribution in [3.8, 4) is 0 Å². The molecular weight excluding hydrogens is 320 g/mol. The molecule has 0 atom stereocenters. The van der Waals surface area contributed by atoms with Crippen LogP contribution in [0.3, 0.4) is 0 Å². The van der Waals surface area contributed by atoms with Crippen molar-refractivity contribution in [2.75, 3.05) is 12.3 Å². The number of nitrogens with one attached hydrogen (secondary N) is 2. The highest BCUT2D eigenvalue weighted by Gasteiger charge is 2.27. The number of H-pyrrole nitrogens is 1. The van der Waals surface area contributed by atoms with E-state index in [-0.39, 0.29) is 5.91 Å². The van der Waals surface area contributed by atoms with Gasteiger partial charge in [-0.05, 0) is 37.0 Å². The van der Waals surface area contributed by atoms with Gasteiger partial charge in [-0.2, -0.15) is 0 Å². The highest BCUT2D eigenvalue weighted by atomic mass is 35.5. The third kappa shape index (κ3) is 4.48. The van der Waals surface area contributed by atoms with Crippen LogP contribution >= 0.6 is 23.4 Å². The Morgan fingerprint density at radius 3 is 2.86 bits per heavy atom. The summed E-state index contributed by atoms with van der Waals surface area (Å²) in [7, 11) is 0. The van der Waals surface area contributed by atoms with Crippen LogP contribution < -0.4 is 5.32 Å². The number of aromatic nitrogens is 3. The van der Waals surface area contributed by atoms with Gasteiger partial charge in [0.2, 0.25) is 11.1 Å². The van der Waals surface area contributed by atoms with Gasteiger partial charge in [0.25, 0.3) is 0 Å². The van der Waals surface area contributed by atoms with Crippen molar-refractivity contribution in [2.45, 2.75) is 30.3 Å². The number of hydrogen-bond acceptors (Lipinski definition) is 4. The molecule has 0 unspecified atom stereocenters. The number of halogens is 1. The molecule has 1 heterocycles. The van der Waals surface area contributed by atoms with Crippen molar-refractivity contribution in [2.24, 2.45) is 0 Å². The van der Waals surface area contributed by atoms with Crippen LogP contribution in [0.15, 0.2) is 29.4 Å².